The molecule has 0 aliphatic carbocycles. The summed E-state index contributed by atoms with van der Waals surface area (Å²) in [5.74, 6) is -3.46. The Kier molecular flexibility index (Phi) is 7.03. The number of esters is 1. The molecule has 0 bridgehead atoms. The summed E-state index contributed by atoms with van der Waals surface area (Å²) in [6.45, 7) is 0.245. The molecule has 168 valence electrons. The zero-order valence-corrected chi connectivity index (χ0v) is 18.1. The molecule has 1 atom stereocenters. The van der Waals surface area contributed by atoms with Crippen LogP contribution in [0.4, 0.5) is 14.5 Å². The number of halogens is 2. The molecule has 1 unspecified atom stereocenters. The van der Waals surface area contributed by atoms with Gasteiger partial charge in [-0.15, -0.1) is 0 Å². The highest BCUT2D eigenvalue weighted by molar-refractivity contribution is 7.89. The van der Waals surface area contributed by atoms with Crippen molar-refractivity contribution in [2.75, 3.05) is 32.5 Å². The van der Waals surface area contributed by atoms with Crippen LogP contribution in [0.5, 0.6) is 0 Å². The third-order valence-corrected chi connectivity index (χ3v) is 6.87. The first-order valence-corrected chi connectivity index (χ1v) is 11.6. The molecule has 31 heavy (non-hydrogen) atoms. The number of ether oxygens (including phenoxy) is 1. The largest absolute Gasteiger partial charge is 0.465 e. The molecule has 1 N–H and O–H groups in total. The number of quaternary nitrogens is 1. The van der Waals surface area contributed by atoms with Crippen molar-refractivity contribution in [3.8, 4) is 0 Å². The number of carbonyl (C=O) groups is 1. The number of hydrogen-bond donors (Lipinski definition) is 1. The second kappa shape index (κ2) is 9.37. The molecule has 1 saturated heterocycles. The molecule has 2 aromatic rings. The number of rotatable bonds is 9. The first-order valence-electron chi connectivity index (χ1n) is 9.95. The number of sulfonamides is 1. The fourth-order valence-electron chi connectivity index (χ4n) is 3.84. The SMILES string of the molecule is COC(=O)c1ccc(CNS(=O)(=O)CCC[N+]2(c3ccccc3)CCC(F)(F)C2)nc1. The number of aromatic nitrogens is 1. The summed E-state index contributed by atoms with van der Waals surface area (Å²) in [5, 5.41) is 0. The van der Waals surface area contributed by atoms with E-state index < -0.39 is 21.9 Å². The maximum absolute atomic E-state index is 14.0. The quantitative estimate of drug-likeness (QED) is 0.465. The summed E-state index contributed by atoms with van der Waals surface area (Å²) in [4.78, 5) is 15.5. The van der Waals surface area contributed by atoms with Crippen molar-refractivity contribution in [3.63, 3.8) is 0 Å². The zero-order chi connectivity index (χ0) is 22.5. The second-order valence-electron chi connectivity index (χ2n) is 7.72. The Hall–Kier alpha value is -2.43. The lowest BCUT2D eigenvalue weighted by Crippen LogP contribution is -2.50. The first kappa shape index (κ1) is 23.2. The van der Waals surface area contributed by atoms with Gasteiger partial charge in [0.25, 0.3) is 0 Å². The van der Waals surface area contributed by atoms with Gasteiger partial charge in [0, 0.05) is 12.6 Å². The molecule has 0 spiro atoms. The average molecular weight is 455 g/mol. The maximum atomic E-state index is 14.0. The molecule has 0 amide bonds. The highest BCUT2D eigenvalue weighted by Gasteiger charge is 2.50. The number of hydrogen-bond acceptors (Lipinski definition) is 5. The van der Waals surface area contributed by atoms with Crippen molar-refractivity contribution in [1.82, 2.24) is 14.2 Å². The van der Waals surface area contributed by atoms with Crippen LogP contribution in [0.15, 0.2) is 48.7 Å². The van der Waals surface area contributed by atoms with E-state index in [9.17, 15) is 22.0 Å². The summed E-state index contributed by atoms with van der Waals surface area (Å²) >= 11 is 0. The molecule has 1 aromatic carbocycles. The van der Waals surface area contributed by atoms with Crippen LogP contribution in [-0.4, -0.2) is 57.8 Å². The highest BCUT2D eigenvalue weighted by atomic mass is 32.2. The smallest absolute Gasteiger partial charge is 0.339 e. The monoisotopic (exact) mass is 454 g/mol. The van der Waals surface area contributed by atoms with Gasteiger partial charge in [-0.1, -0.05) is 18.2 Å². The molecular formula is C21H26F2N3O4S+. The van der Waals surface area contributed by atoms with E-state index in [-0.39, 0.29) is 48.3 Å². The number of alkyl halides is 2. The number of methoxy groups -OCH3 is 1. The lowest BCUT2D eigenvalue weighted by molar-refractivity contribution is 0.0129. The van der Waals surface area contributed by atoms with Crippen LogP contribution in [0.25, 0.3) is 0 Å². The van der Waals surface area contributed by atoms with Gasteiger partial charge < -0.3 is 4.74 Å². The summed E-state index contributed by atoms with van der Waals surface area (Å²) in [5.41, 5.74) is 1.49. The minimum atomic E-state index is -3.62. The number of nitrogens with one attached hydrogen (secondary N) is 1. The summed E-state index contributed by atoms with van der Waals surface area (Å²) in [7, 11) is -2.36. The number of likely N-dealkylation sites (tertiary alicyclic amines) is 1. The van der Waals surface area contributed by atoms with Crippen molar-refractivity contribution >= 4 is 21.7 Å². The van der Waals surface area contributed by atoms with Crippen molar-refractivity contribution < 1.29 is 26.7 Å². The van der Waals surface area contributed by atoms with E-state index in [0.717, 1.165) is 5.69 Å². The van der Waals surface area contributed by atoms with Gasteiger partial charge in [0.05, 0.1) is 50.2 Å². The van der Waals surface area contributed by atoms with Crippen molar-refractivity contribution in [3.05, 3.63) is 59.9 Å². The highest BCUT2D eigenvalue weighted by Crippen LogP contribution is 2.37. The molecule has 1 fully saturated rings. The van der Waals surface area contributed by atoms with Crippen molar-refractivity contribution in [2.24, 2.45) is 0 Å². The summed E-state index contributed by atoms with van der Waals surface area (Å²) in [6.07, 6.45) is 1.35. The lowest BCUT2D eigenvalue weighted by Gasteiger charge is -2.33. The summed E-state index contributed by atoms with van der Waals surface area (Å²) in [6, 6.07) is 12.1. The molecule has 3 rings (SSSR count). The molecule has 0 radical (unpaired) electrons. The predicted octanol–water partition coefficient (Wildman–Crippen LogP) is 2.72. The van der Waals surface area contributed by atoms with Crippen LogP contribution in [0.3, 0.4) is 0 Å². The van der Waals surface area contributed by atoms with Crippen LogP contribution in [0, 0.1) is 0 Å². The van der Waals surface area contributed by atoms with Gasteiger partial charge in [0.2, 0.25) is 10.0 Å². The van der Waals surface area contributed by atoms with Crippen LogP contribution < -0.4 is 9.21 Å². The molecule has 1 aromatic heterocycles. The van der Waals surface area contributed by atoms with E-state index in [0.29, 0.717) is 12.2 Å². The molecular weight excluding hydrogens is 428 g/mol. The average Bonchev–Trinajstić information content (AvgIpc) is 3.08. The van der Waals surface area contributed by atoms with Crippen molar-refractivity contribution in [2.45, 2.75) is 25.3 Å². The fraction of sp³-hybridized carbons (Fsp3) is 0.429. The van der Waals surface area contributed by atoms with E-state index in [2.05, 4.69) is 14.4 Å². The van der Waals surface area contributed by atoms with E-state index in [1.807, 2.05) is 30.3 Å². The van der Waals surface area contributed by atoms with Gasteiger partial charge in [0.15, 0.2) is 0 Å². The van der Waals surface area contributed by atoms with Gasteiger partial charge in [-0.05, 0) is 24.3 Å². The van der Waals surface area contributed by atoms with Gasteiger partial charge in [-0.25, -0.2) is 26.7 Å². The lowest BCUT2D eigenvalue weighted by atomic mass is 10.2. The van der Waals surface area contributed by atoms with E-state index in [1.165, 1.54) is 25.4 Å². The Morgan fingerprint density at radius 1 is 1.23 bits per heavy atom. The van der Waals surface area contributed by atoms with Crippen LogP contribution in [0.2, 0.25) is 0 Å². The topological polar surface area (TPSA) is 85.4 Å². The predicted molar refractivity (Wildman–Crippen MR) is 113 cm³/mol. The number of nitrogens with zero attached hydrogens (tertiary/aromatic N) is 2. The third-order valence-electron chi connectivity index (χ3n) is 5.46. The van der Waals surface area contributed by atoms with Crippen molar-refractivity contribution in [1.29, 1.82) is 0 Å². The minimum Gasteiger partial charge on any atom is -0.465 e. The molecule has 7 nitrogen and oxygen atoms in total. The fourth-order valence-corrected chi connectivity index (χ4v) is 4.87. The Morgan fingerprint density at radius 3 is 2.55 bits per heavy atom. The van der Waals surface area contributed by atoms with E-state index in [1.54, 1.807) is 0 Å². The number of carbonyl (C=O) groups excluding carboxylic acids is 1. The zero-order valence-electron chi connectivity index (χ0n) is 17.3. The molecule has 1 aliphatic heterocycles. The van der Waals surface area contributed by atoms with Gasteiger partial charge in [-0.2, -0.15) is 0 Å². The normalized spacial score (nSPS) is 20.5. The number of para-hydroxylation sites is 1. The third kappa shape index (κ3) is 6.05. The van der Waals surface area contributed by atoms with E-state index in [4.69, 9.17) is 0 Å². The second-order valence-corrected chi connectivity index (χ2v) is 9.64. The van der Waals surface area contributed by atoms with Crippen LogP contribution in [0.1, 0.15) is 28.9 Å². The van der Waals surface area contributed by atoms with Gasteiger partial charge >= 0.3 is 11.9 Å². The number of benzene rings is 1. The van der Waals surface area contributed by atoms with Gasteiger partial charge in [0.1, 0.15) is 12.2 Å². The Morgan fingerprint density at radius 2 is 1.97 bits per heavy atom. The Bertz CT molecular complexity index is 1000. The molecule has 2 heterocycles. The maximum Gasteiger partial charge on any atom is 0.339 e. The first-order chi connectivity index (χ1) is 14.6. The molecule has 1 aliphatic rings. The van der Waals surface area contributed by atoms with Crippen LogP contribution in [-0.2, 0) is 21.3 Å². The minimum absolute atomic E-state index is 0.0272. The van der Waals surface area contributed by atoms with Crippen LogP contribution >= 0.6 is 0 Å². The molecule has 0 saturated carbocycles. The number of pyridine rings is 1. The summed E-state index contributed by atoms with van der Waals surface area (Å²) < 4.78 is 60.0. The van der Waals surface area contributed by atoms with E-state index >= 15 is 0 Å². The Labute approximate surface area is 180 Å². The Balaban J connectivity index is 1.57. The molecule has 10 heteroatoms. The standard InChI is InChI=1S/C21H26F2N3O4S/c1-30-20(27)17-8-9-18(24-14-17)15-25-31(28,29)13-5-11-26(12-10-21(22,23)16-26)19-6-3-2-4-7-19/h2-4,6-9,14,25H,5,10-13,15-16H2,1H3/q+1. The van der Waals surface area contributed by atoms with Gasteiger partial charge in [-0.3, -0.25) is 9.47 Å².